The summed E-state index contributed by atoms with van der Waals surface area (Å²) in [5.41, 5.74) is 4.28. The molecule has 0 N–H and O–H groups in total. The molecule has 0 saturated heterocycles. The highest BCUT2D eigenvalue weighted by molar-refractivity contribution is 5.38. The summed E-state index contributed by atoms with van der Waals surface area (Å²) in [7, 11) is 1.69. The van der Waals surface area contributed by atoms with Gasteiger partial charge in [0.05, 0.1) is 19.8 Å². The normalized spacial score (nSPS) is 13.5. The molecule has 0 atom stereocenters. The number of aryl methyl sites for hydroxylation is 2. The van der Waals surface area contributed by atoms with Gasteiger partial charge in [0.25, 0.3) is 0 Å². The Kier molecular flexibility index (Phi) is 3.17. The fourth-order valence-electron chi connectivity index (χ4n) is 1.67. The van der Waals surface area contributed by atoms with E-state index in [0.29, 0.717) is 19.8 Å². The molecule has 2 rings (SSSR count). The van der Waals surface area contributed by atoms with Crippen molar-refractivity contribution in [2.24, 2.45) is 0 Å². The predicted molar refractivity (Wildman–Crippen MR) is 55.4 cm³/mol. The predicted octanol–water partition coefficient (Wildman–Crippen LogP) is 1.95. The second-order valence-corrected chi connectivity index (χ2v) is 3.65. The van der Waals surface area contributed by atoms with Gasteiger partial charge in [0.1, 0.15) is 0 Å². The molecule has 0 saturated carbocycles. The smallest absolute Gasteiger partial charge is 0.0718 e. The highest BCUT2D eigenvalue weighted by Gasteiger charge is 2.12. The topological polar surface area (TPSA) is 18.5 Å². The molecule has 76 valence electrons. The van der Waals surface area contributed by atoms with E-state index in [0.717, 1.165) is 0 Å². The molecule has 0 unspecified atom stereocenters. The van der Waals surface area contributed by atoms with E-state index in [-0.39, 0.29) is 0 Å². The summed E-state index contributed by atoms with van der Waals surface area (Å²) in [4.78, 5) is 0. The van der Waals surface area contributed by atoms with Gasteiger partial charge in [-0.1, -0.05) is 18.2 Å². The zero-order valence-electron chi connectivity index (χ0n) is 8.58. The van der Waals surface area contributed by atoms with Crippen LogP contribution in [0.2, 0.25) is 0 Å². The van der Waals surface area contributed by atoms with Crippen LogP contribution in [0.1, 0.15) is 16.7 Å². The van der Waals surface area contributed by atoms with Gasteiger partial charge in [-0.05, 0) is 29.5 Å². The fraction of sp³-hybridized carbons (Fsp3) is 0.500. The zero-order valence-corrected chi connectivity index (χ0v) is 8.58. The molecule has 0 radical (unpaired) electrons. The van der Waals surface area contributed by atoms with Crippen LogP contribution in [0.25, 0.3) is 0 Å². The molecule has 1 aliphatic carbocycles. The van der Waals surface area contributed by atoms with Gasteiger partial charge in [-0.15, -0.1) is 0 Å². The van der Waals surface area contributed by atoms with Gasteiger partial charge in [-0.25, -0.2) is 0 Å². The van der Waals surface area contributed by atoms with Gasteiger partial charge in [-0.3, -0.25) is 0 Å². The summed E-state index contributed by atoms with van der Waals surface area (Å²) >= 11 is 0. The molecule has 0 fully saturated rings. The number of methoxy groups -OCH3 is 1. The lowest BCUT2D eigenvalue weighted by molar-refractivity contribution is 0.0616. The SMILES string of the molecule is COCCOCc1ccc2c(c1)CC2. The van der Waals surface area contributed by atoms with Crippen molar-refractivity contribution in [1.82, 2.24) is 0 Å². The molecule has 0 bridgehead atoms. The van der Waals surface area contributed by atoms with E-state index >= 15 is 0 Å². The van der Waals surface area contributed by atoms with Crippen molar-refractivity contribution in [3.63, 3.8) is 0 Å². The van der Waals surface area contributed by atoms with Crippen LogP contribution in [0.4, 0.5) is 0 Å². The molecule has 1 aliphatic rings. The zero-order chi connectivity index (χ0) is 9.80. The van der Waals surface area contributed by atoms with Crippen LogP contribution < -0.4 is 0 Å². The average Bonchev–Trinajstić information content (AvgIpc) is 2.16. The standard InChI is InChI=1S/C12H16O2/c1-13-6-7-14-9-10-2-3-11-4-5-12(11)8-10/h2-3,8H,4-7,9H2,1H3. The Labute approximate surface area is 84.8 Å². The van der Waals surface area contributed by atoms with Gasteiger partial charge in [-0.2, -0.15) is 0 Å². The Morgan fingerprint density at radius 3 is 2.64 bits per heavy atom. The Balaban J connectivity index is 1.81. The van der Waals surface area contributed by atoms with Crippen LogP contribution in [-0.4, -0.2) is 20.3 Å². The van der Waals surface area contributed by atoms with E-state index in [1.807, 2.05) is 0 Å². The van der Waals surface area contributed by atoms with Gasteiger partial charge >= 0.3 is 0 Å². The maximum Gasteiger partial charge on any atom is 0.0718 e. The van der Waals surface area contributed by atoms with E-state index in [1.165, 1.54) is 29.5 Å². The summed E-state index contributed by atoms with van der Waals surface area (Å²) in [6.07, 6.45) is 2.49. The maximum absolute atomic E-state index is 5.45. The van der Waals surface area contributed by atoms with Gasteiger partial charge < -0.3 is 9.47 Å². The second-order valence-electron chi connectivity index (χ2n) is 3.65. The van der Waals surface area contributed by atoms with Crippen LogP contribution >= 0.6 is 0 Å². The molecule has 1 aromatic rings. The van der Waals surface area contributed by atoms with Crippen LogP contribution in [-0.2, 0) is 28.9 Å². The molecular weight excluding hydrogens is 176 g/mol. The molecule has 1 aromatic carbocycles. The molecule has 0 aromatic heterocycles. The number of ether oxygens (including phenoxy) is 2. The monoisotopic (exact) mass is 192 g/mol. The Morgan fingerprint density at radius 2 is 2.00 bits per heavy atom. The van der Waals surface area contributed by atoms with Crippen LogP contribution in [0.3, 0.4) is 0 Å². The van der Waals surface area contributed by atoms with Gasteiger partial charge in [0.2, 0.25) is 0 Å². The van der Waals surface area contributed by atoms with Crippen molar-refractivity contribution in [1.29, 1.82) is 0 Å². The fourth-order valence-corrected chi connectivity index (χ4v) is 1.67. The lowest BCUT2D eigenvalue weighted by Gasteiger charge is -2.19. The first kappa shape index (κ1) is 9.69. The number of fused-ring (bicyclic) bond motifs is 1. The minimum atomic E-state index is 0.672. The molecule has 2 heteroatoms. The van der Waals surface area contributed by atoms with Crippen molar-refractivity contribution in [2.45, 2.75) is 19.4 Å². The van der Waals surface area contributed by atoms with Crippen molar-refractivity contribution in [3.8, 4) is 0 Å². The Bertz CT molecular complexity index is 307. The molecule has 0 amide bonds. The van der Waals surface area contributed by atoms with Crippen LogP contribution in [0.5, 0.6) is 0 Å². The third-order valence-electron chi connectivity index (χ3n) is 2.63. The second kappa shape index (κ2) is 4.58. The molecule has 0 aliphatic heterocycles. The first-order valence-corrected chi connectivity index (χ1v) is 5.07. The third kappa shape index (κ3) is 2.14. The largest absolute Gasteiger partial charge is 0.382 e. The van der Waals surface area contributed by atoms with E-state index < -0.39 is 0 Å². The van der Waals surface area contributed by atoms with Crippen molar-refractivity contribution >= 4 is 0 Å². The van der Waals surface area contributed by atoms with E-state index in [2.05, 4.69) is 18.2 Å². The molecule has 2 nitrogen and oxygen atoms in total. The molecular formula is C12H16O2. The lowest BCUT2D eigenvalue weighted by atomic mass is 9.87. The first-order chi connectivity index (χ1) is 6.90. The lowest BCUT2D eigenvalue weighted by Crippen LogP contribution is -2.09. The summed E-state index contributed by atoms with van der Waals surface area (Å²) < 4.78 is 10.4. The van der Waals surface area contributed by atoms with E-state index in [9.17, 15) is 0 Å². The minimum Gasteiger partial charge on any atom is -0.382 e. The van der Waals surface area contributed by atoms with Crippen molar-refractivity contribution < 1.29 is 9.47 Å². The number of hydrogen-bond donors (Lipinski definition) is 0. The number of benzene rings is 1. The van der Waals surface area contributed by atoms with Gasteiger partial charge in [0.15, 0.2) is 0 Å². The van der Waals surface area contributed by atoms with E-state index in [1.54, 1.807) is 7.11 Å². The number of hydrogen-bond acceptors (Lipinski definition) is 2. The molecule has 14 heavy (non-hydrogen) atoms. The average molecular weight is 192 g/mol. The third-order valence-corrected chi connectivity index (χ3v) is 2.63. The summed E-state index contributed by atoms with van der Waals surface area (Å²) in [5.74, 6) is 0. The van der Waals surface area contributed by atoms with Gasteiger partial charge in [0, 0.05) is 7.11 Å². The summed E-state index contributed by atoms with van der Waals surface area (Å²) in [5, 5.41) is 0. The highest BCUT2D eigenvalue weighted by atomic mass is 16.5. The summed E-state index contributed by atoms with van der Waals surface area (Å²) in [6, 6.07) is 6.63. The van der Waals surface area contributed by atoms with Crippen molar-refractivity contribution in [2.75, 3.05) is 20.3 Å². The van der Waals surface area contributed by atoms with Crippen molar-refractivity contribution in [3.05, 3.63) is 34.9 Å². The van der Waals surface area contributed by atoms with E-state index in [4.69, 9.17) is 9.47 Å². The first-order valence-electron chi connectivity index (χ1n) is 5.07. The molecule has 0 heterocycles. The Hall–Kier alpha value is -0.860. The number of rotatable bonds is 5. The Morgan fingerprint density at radius 1 is 1.14 bits per heavy atom. The molecule has 0 spiro atoms. The van der Waals surface area contributed by atoms with Crippen LogP contribution in [0.15, 0.2) is 18.2 Å². The minimum absolute atomic E-state index is 0.672. The van der Waals surface area contributed by atoms with Crippen LogP contribution in [0, 0.1) is 0 Å². The quantitative estimate of drug-likeness (QED) is 0.664. The highest BCUT2D eigenvalue weighted by Crippen LogP contribution is 2.23. The maximum atomic E-state index is 5.45. The summed E-state index contributed by atoms with van der Waals surface area (Å²) in [6.45, 7) is 2.05.